The summed E-state index contributed by atoms with van der Waals surface area (Å²) in [6.07, 6.45) is 0. The third-order valence-electron chi connectivity index (χ3n) is 3.81. The van der Waals surface area contributed by atoms with Crippen LogP contribution in [0, 0.1) is 18.6 Å². The number of carbonyl (C=O) groups excluding carboxylic acids is 2. The van der Waals surface area contributed by atoms with Crippen LogP contribution >= 0.6 is 11.8 Å². The number of fused-ring (bicyclic) bond motifs is 1. The molecule has 1 aromatic heterocycles. The zero-order valence-corrected chi connectivity index (χ0v) is 15.7. The summed E-state index contributed by atoms with van der Waals surface area (Å²) in [5.74, 6) is -3.34. The average molecular weight is 402 g/mol. The summed E-state index contributed by atoms with van der Waals surface area (Å²) in [6, 6.07) is 12.5. The molecule has 0 radical (unpaired) electrons. The molecule has 0 unspecified atom stereocenters. The lowest BCUT2D eigenvalue weighted by molar-refractivity contribution is -0.144. The van der Waals surface area contributed by atoms with Gasteiger partial charge in [0.05, 0.1) is 16.3 Å². The molecule has 3 rings (SSSR count). The van der Waals surface area contributed by atoms with E-state index in [2.05, 4.69) is 10.3 Å². The number of esters is 1. The molecule has 2 aromatic carbocycles. The smallest absolute Gasteiger partial charge is 0.316 e. The van der Waals surface area contributed by atoms with Gasteiger partial charge in [-0.05, 0) is 36.8 Å². The van der Waals surface area contributed by atoms with Crippen molar-refractivity contribution in [2.24, 2.45) is 0 Å². The summed E-state index contributed by atoms with van der Waals surface area (Å²) in [4.78, 5) is 28.1. The normalized spacial score (nSPS) is 10.7. The first-order valence-corrected chi connectivity index (χ1v) is 9.30. The Bertz CT molecular complexity index is 1040. The molecule has 0 aliphatic rings. The Morgan fingerprint density at radius 1 is 1.11 bits per heavy atom. The van der Waals surface area contributed by atoms with Crippen LogP contribution < -0.4 is 5.32 Å². The van der Waals surface area contributed by atoms with Gasteiger partial charge in [-0.3, -0.25) is 9.59 Å². The fourth-order valence-corrected chi connectivity index (χ4v) is 3.26. The fraction of sp³-hybridized carbons (Fsp3) is 0.150. The molecule has 144 valence electrons. The SMILES string of the molecule is Cc1cc(SCC(=O)OCC(=O)Nc2ccc(F)c(F)c2)nc2ccccc12. The maximum absolute atomic E-state index is 13.1. The Kier molecular flexibility index (Phi) is 6.20. The van der Waals surface area contributed by atoms with Gasteiger partial charge >= 0.3 is 5.97 Å². The minimum Gasteiger partial charge on any atom is -0.455 e. The summed E-state index contributed by atoms with van der Waals surface area (Å²) in [5.41, 5.74) is 1.96. The number of ether oxygens (including phenoxy) is 1. The van der Waals surface area contributed by atoms with Gasteiger partial charge in [0, 0.05) is 17.1 Å². The van der Waals surface area contributed by atoms with E-state index in [0.717, 1.165) is 28.6 Å². The van der Waals surface area contributed by atoms with E-state index in [0.29, 0.717) is 5.03 Å². The van der Waals surface area contributed by atoms with Gasteiger partial charge in [0.25, 0.3) is 5.91 Å². The largest absolute Gasteiger partial charge is 0.455 e. The number of aromatic nitrogens is 1. The zero-order chi connectivity index (χ0) is 20.1. The van der Waals surface area contributed by atoms with Gasteiger partial charge in [-0.15, -0.1) is 0 Å². The summed E-state index contributed by atoms with van der Waals surface area (Å²) in [6.45, 7) is 1.44. The monoisotopic (exact) mass is 402 g/mol. The summed E-state index contributed by atoms with van der Waals surface area (Å²) < 4.78 is 30.9. The zero-order valence-electron chi connectivity index (χ0n) is 14.9. The Labute approximate surface area is 164 Å². The van der Waals surface area contributed by atoms with E-state index < -0.39 is 30.1 Å². The molecule has 0 spiro atoms. The topological polar surface area (TPSA) is 68.3 Å². The van der Waals surface area contributed by atoms with E-state index in [-0.39, 0.29) is 11.4 Å². The Morgan fingerprint density at radius 2 is 1.89 bits per heavy atom. The van der Waals surface area contributed by atoms with Crippen molar-refractivity contribution < 1.29 is 23.1 Å². The molecular weight excluding hydrogens is 386 g/mol. The van der Waals surface area contributed by atoms with Crippen molar-refractivity contribution in [3.63, 3.8) is 0 Å². The van der Waals surface area contributed by atoms with E-state index in [9.17, 15) is 18.4 Å². The lowest BCUT2D eigenvalue weighted by atomic mass is 10.1. The van der Waals surface area contributed by atoms with Crippen molar-refractivity contribution in [2.75, 3.05) is 17.7 Å². The quantitative estimate of drug-likeness (QED) is 0.497. The van der Waals surface area contributed by atoms with Crippen molar-refractivity contribution in [3.8, 4) is 0 Å². The minimum atomic E-state index is -1.08. The van der Waals surface area contributed by atoms with Gasteiger partial charge in [-0.1, -0.05) is 30.0 Å². The molecule has 8 heteroatoms. The van der Waals surface area contributed by atoms with Crippen LogP contribution in [-0.4, -0.2) is 29.2 Å². The molecule has 1 amide bonds. The molecule has 1 N–H and O–H groups in total. The predicted molar refractivity (Wildman–Crippen MR) is 103 cm³/mol. The van der Waals surface area contributed by atoms with Gasteiger partial charge in [-0.2, -0.15) is 0 Å². The number of rotatable bonds is 6. The standard InChI is InChI=1S/C20H16F2N2O3S/c1-12-8-19(24-17-5-3-2-4-14(12)17)28-11-20(26)27-10-18(25)23-13-6-7-15(21)16(22)9-13/h2-9H,10-11H2,1H3,(H,23,25). The lowest BCUT2D eigenvalue weighted by Gasteiger charge is -2.08. The maximum atomic E-state index is 13.1. The first-order valence-electron chi connectivity index (χ1n) is 8.32. The number of hydrogen-bond acceptors (Lipinski definition) is 5. The van der Waals surface area contributed by atoms with Crippen LogP contribution in [0.3, 0.4) is 0 Å². The molecule has 0 saturated carbocycles. The number of anilines is 1. The van der Waals surface area contributed by atoms with Gasteiger partial charge in [0.2, 0.25) is 0 Å². The number of benzene rings is 2. The van der Waals surface area contributed by atoms with Crippen LogP contribution in [0.1, 0.15) is 5.56 Å². The molecule has 28 heavy (non-hydrogen) atoms. The van der Waals surface area contributed by atoms with Gasteiger partial charge in [0.1, 0.15) is 0 Å². The number of halogens is 2. The van der Waals surface area contributed by atoms with Crippen molar-refractivity contribution >= 4 is 40.2 Å². The van der Waals surface area contributed by atoms with Crippen LogP contribution in [0.25, 0.3) is 10.9 Å². The highest BCUT2D eigenvalue weighted by molar-refractivity contribution is 7.99. The Morgan fingerprint density at radius 3 is 2.68 bits per heavy atom. The van der Waals surface area contributed by atoms with Crippen molar-refractivity contribution in [2.45, 2.75) is 11.9 Å². The Balaban J connectivity index is 1.49. The number of hydrogen-bond donors (Lipinski definition) is 1. The third kappa shape index (κ3) is 5.04. The molecule has 1 heterocycles. The van der Waals surface area contributed by atoms with Gasteiger partial charge in [0.15, 0.2) is 18.2 Å². The van der Waals surface area contributed by atoms with Gasteiger partial charge < -0.3 is 10.1 Å². The molecule has 0 saturated heterocycles. The summed E-state index contributed by atoms with van der Waals surface area (Å²) in [5, 5.41) is 4.05. The second-order valence-electron chi connectivity index (χ2n) is 5.92. The van der Waals surface area contributed by atoms with E-state index in [4.69, 9.17) is 4.74 Å². The summed E-state index contributed by atoms with van der Waals surface area (Å²) >= 11 is 1.21. The maximum Gasteiger partial charge on any atom is 0.316 e. The predicted octanol–water partition coefficient (Wildman–Crippen LogP) is 4.10. The molecule has 0 atom stereocenters. The third-order valence-corrected chi connectivity index (χ3v) is 4.69. The van der Waals surface area contributed by atoms with E-state index in [1.54, 1.807) is 0 Å². The molecule has 0 fully saturated rings. The van der Waals surface area contributed by atoms with Crippen LogP contribution in [0.5, 0.6) is 0 Å². The van der Waals surface area contributed by atoms with E-state index in [1.165, 1.54) is 17.8 Å². The van der Waals surface area contributed by atoms with Crippen LogP contribution in [0.2, 0.25) is 0 Å². The second kappa shape index (κ2) is 8.79. The molecular formula is C20H16F2N2O3S. The Hall–Kier alpha value is -3.00. The molecule has 0 aliphatic heterocycles. The van der Waals surface area contributed by atoms with E-state index in [1.807, 2.05) is 37.3 Å². The molecule has 0 bridgehead atoms. The van der Waals surface area contributed by atoms with Crippen molar-refractivity contribution in [1.29, 1.82) is 0 Å². The molecule has 0 aliphatic carbocycles. The van der Waals surface area contributed by atoms with E-state index >= 15 is 0 Å². The minimum absolute atomic E-state index is 0.0107. The second-order valence-corrected chi connectivity index (χ2v) is 6.92. The average Bonchev–Trinajstić information content (AvgIpc) is 2.68. The van der Waals surface area contributed by atoms with Crippen LogP contribution in [0.4, 0.5) is 14.5 Å². The highest BCUT2D eigenvalue weighted by atomic mass is 32.2. The van der Waals surface area contributed by atoms with Crippen LogP contribution in [-0.2, 0) is 14.3 Å². The first kappa shape index (κ1) is 19.8. The number of nitrogens with one attached hydrogen (secondary N) is 1. The fourth-order valence-electron chi connectivity index (χ4n) is 2.48. The van der Waals surface area contributed by atoms with Gasteiger partial charge in [-0.25, -0.2) is 13.8 Å². The molecule has 5 nitrogen and oxygen atoms in total. The first-order chi connectivity index (χ1) is 13.4. The molecule has 3 aromatic rings. The number of aryl methyl sites for hydroxylation is 1. The number of carbonyl (C=O) groups is 2. The lowest BCUT2D eigenvalue weighted by Crippen LogP contribution is -2.21. The highest BCUT2D eigenvalue weighted by Crippen LogP contribution is 2.23. The number of para-hydroxylation sites is 1. The van der Waals surface area contributed by atoms with Crippen molar-refractivity contribution in [3.05, 3.63) is 65.7 Å². The highest BCUT2D eigenvalue weighted by Gasteiger charge is 2.11. The summed E-state index contributed by atoms with van der Waals surface area (Å²) in [7, 11) is 0. The number of amides is 1. The number of nitrogens with zero attached hydrogens (tertiary/aromatic N) is 1. The van der Waals surface area contributed by atoms with Crippen molar-refractivity contribution in [1.82, 2.24) is 4.98 Å². The number of pyridine rings is 1. The number of thioether (sulfide) groups is 1. The van der Waals surface area contributed by atoms with Crippen LogP contribution in [0.15, 0.2) is 53.6 Å².